The number of nitrogens with two attached hydrogens (primary N) is 2. The Hall–Kier alpha value is -12.3. The van der Waals surface area contributed by atoms with Crippen LogP contribution in [0.4, 0.5) is 53.1 Å². The van der Waals surface area contributed by atoms with Crippen LogP contribution in [0.15, 0.2) is 146 Å². The van der Waals surface area contributed by atoms with E-state index in [0.717, 1.165) is 65.4 Å². The Kier molecular flexibility index (Phi) is 39.4. The number of carboxylic acids is 2. The van der Waals surface area contributed by atoms with E-state index in [1.807, 2.05) is 85.7 Å². The van der Waals surface area contributed by atoms with Crippen molar-refractivity contribution < 1.29 is 95.2 Å². The number of nitriles is 3. The summed E-state index contributed by atoms with van der Waals surface area (Å²) in [5.74, 6) is -2.26. The number of fused-ring (bicyclic) bond motifs is 1. The van der Waals surface area contributed by atoms with Gasteiger partial charge in [0.1, 0.15) is 83.3 Å². The van der Waals surface area contributed by atoms with E-state index in [-0.39, 0.29) is 106 Å². The van der Waals surface area contributed by atoms with Crippen molar-refractivity contribution in [2.75, 3.05) is 109 Å². The van der Waals surface area contributed by atoms with Gasteiger partial charge in [-0.05, 0) is 190 Å². The molecular weight excluding hydrogens is 1610 g/mol. The lowest BCUT2D eigenvalue weighted by Crippen LogP contribution is -2.41. The molecule has 7 aromatic carbocycles. The summed E-state index contributed by atoms with van der Waals surface area (Å²) >= 11 is 3.04. The number of alkyl halides is 1. The molecule has 0 saturated carbocycles. The number of aromatic nitrogens is 2. The van der Waals surface area contributed by atoms with Gasteiger partial charge in [-0.2, -0.15) is 20.9 Å². The molecule has 4 fully saturated rings. The van der Waals surface area contributed by atoms with Crippen LogP contribution < -0.4 is 51.0 Å². The number of halogens is 4. The zero-order chi connectivity index (χ0) is 87.3. The topological polar surface area (TPSA) is 431 Å². The summed E-state index contributed by atoms with van der Waals surface area (Å²) in [4.78, 5) is 87.1. The van der Waals surface area contributed by atoms with Crippen LogP contribution in [0.5, 0.6) is 23.0 Å². The first kappa shape index (κ1) is 95.5. The van der Waals surface area contributed by atoms with Gasteiger partial charge in [-0.25, -0.2) is 18.0 Å². The van der Waals surface area contributed by atoms with Crippen LogP contribution in [0.1, 0.15) is 111 Å². The average molecular weight is 1710 g/mol. The van der Waals surface area contributed by atoms with Gasteiger partial charge in [0.2, 0.25) is 0 Å². The number of aromatic amines is 1. The molecule has 5 amide bonds. The molecule has 4 atom stereocenters. The molecule has 4 aliphatic rings. The van der Waals surface area contributed by atoms with Crippen LogP contribution >= 0.6 is 15.9 Å². The van der Waals surface area contributed by atoms with Crippen molar-refractivity contribution in [3.8, 4) is 41.2 Å². The van der Waals surface area contributed by atoms with Gasteiger partial charge in [-0.15, -0.1) is 0 Å². The summed E-state index contributed by atoms with van der Waals surface area (Å²) in [5.41, 5.74) is 16.1. The molecule has 10 N–H and O–H groups in total. The third-order valence-electron chi connectivity index (χ3n) is 17.3. The number of phenols is 1. The van der Waals surface area contributed by atoms with Crippen molar-refractivity contribution >= 4 is 108 Å². The zero-order valence-corrected chi connectivity index (χ0v) is 68.9. The molecule has 4 saturated heterocycles. The molecule has 0 aliphatic carbocycles. The molecule has 33 heteroatoms. The number of carbonyl (C=O) groups is 7. The molecule has 5 heterocycles. The maximum absolute atomic E-state index is 13.6. The Labute approximate surface area is 696 Å². The fourth-order valence-electron chi connectivity index (χ4n) is 11.4. The van der Waals surface area contributed by atoms with Gasteiger partial charge in [0.25, 0.3) is 29.5 Å². The number of benzene rings is 7. The largest absolute Gasteiger partial charge is 0.508 e. The number of ether oxygens (including phenoxy) is 7. The summed E-state index contributed by atoms with van der Waals surface area (Å²) in [6.45, 7) is 21.3. The number of morpholine rings is 3. The maximum atomic E-state index is 13.6. The molecule has 1 aromatic heterocycles. The summed E-state index contributed by atoms with van der Waals surface area (Å²) < 4.78 is 76.5. The van der Waals surface area contributed by atoms with Crippen molar-refractivity contribution in [2.24, 2.45) is 23.7 Å². The number of nitrogens with zero attached hydrogens (tertiary/aromatic N) is 7. The summed E-state index contributed by atoms with van der Waals surface area (Å²) in [6, 6.07) is 42.6. The molecule has 4 aliphatic heterocycles. The van der Waals surface area contributed by atoms with Gasteiger partial charge in [0, 0.05) is 90.6 Å². The van der Waals surface area contributed by atoms with Crippen LogP contribution in [0.3, 0.4) is 0 Å². The lowest BCUT2D eigenvalue weighted by molar-refractivity contribution is -0.146. The standard InChI is InChI=1S/C23H24FN3O4.C23H27N5O4.C13H14FNO3.C10H12N2O2.C7H4FNO.C6H11BrO2.C4H8O/c1-15(2)11-21(31-19-7-8-20(24)16(12-19)13-25)23(29)26-17-3-5-18(6-4-17)27-9-10-30-14-22(27)28;1-14(2)11-20(32-17-7-8-19-18(12-17)22(24)27-26-19)23(30)25-15-3-5-16(6-4-15)28-9-10-31-13-21(28)29;1-8(2)5-12(13(16)17)18-10-3-4-11(14)9(6-10)7-15;11-8-1-3-9(4-2-8)12-5-6-14-7-10(12)13;8-7-2-1-6(10)3-5(7)4-9;1-4(2)3-5(7)6(8)9;1-2-4-5-3-1/h3-8,12,15,21H,9-11,14H2,1-2H3,(H,26,29);3-8,12,14,20H,9-11,13H2,1-2H3,(H,25,30)(H3,24,26,27);3-4,6,8,12H,5H2,1-2H3,(H,16,17);1-4H,5-7,11H2;1-3,10H;4-5H,3H2,1-2H3,(H,8,9);1-4H2. The third-order valence-corrected chi connectivity index (χ3v) is 18.1. The zero-order valence-electron chi connectivity index (χ0n) is 67.4. The number of phenolic OH excluding ortho intramolecular Hbond substituents is 1. The van der Waals surface area contributed by atoms with E-state index in [9.17, 15) is 46.7 Å². The SMILES string of the molecule is C1CCOC1.CC(C)CC(Br)C(=O)O.CC(C)CC(Oc1ccc(F)c(C#N)c1)C(=O)Nc1ccc(N2CCOCC2=O)cc1.CC(C)CC(Oc1ccc(F)c(C#N)c1)C(=O)O.CC(C)CC(Oc1ccc2[nH]nc(N)c2c1)C(=O)Nc1ccc(N2CCOCC2=O)cc1.N#Cc1cc(O)ccc1F.Nc1ccc(N2CCOCC2=O)cc1. The number of nitrogen functional groups attached to an aromatic ring is 2. The second kappa shape index (κ2) is 49.0. The van der Waals surface area contributed by atoms with Crippen molar-refractivity contribution in [3.63, 3.8) is 0 Å². The monoisotopic (exact) mass is 1710 g/mol. The Morgan fingerprint density at radius 3 is 1.20 bits per heavy atom. The molecule has 119 heavy (non-hydrogen) atoms. The maximum Gasteiger partial charge on any atom is 0.344 e. The van der Waals surface area contributed by atoms with Gasteiger partial charge in [0.15, 0.2) is 24.1 Å². The minimum Gasteiger partial charge on any atom is -0.508 e. The van der Waals surface area contributed by atoms with E-state index in [0.29, 0.717) is 99.7 Å². The van der Waals surface area contributed by atoms with Crippen molar-refractivity contribution in [2.45, 2.75) is 117 Å². The predicted molar refractivity (Wildman–Crippen MR) is 445 cm³/mol. The van der Waals surface area contributed by atoms with E-state index >= 15 is 0 Å². The number of carboxylic acid groups (broad SMARTS) is 2. The molecule has 0 spiro atoms. The number of rotatable bonds is 23. The lowest BCUT2D eigenvalue weighted by atomic mass is 10.0. The fraction of sp³-hybridized carbons (Fsp3) is 0.384. The highest BCUT2D eigenvalue weighted by atomic mass is 79.9. The average Bonchev–Trinajstić information content (AvgIpc) is 1.75. The molecule has 12 rings (SSSR count). The molecule has 634 valence electrons. The molecule has 29 nitrogen and oxygen atoms in total. The van der Waals surface area contributed by atoms with Gasteiger partial charge in [-0.1, -0.05) is 71.3 Å². The molecule has 0 bridgehead atoms. The van der Waals surface area contributed by atoms with Crippen LogP contribution in [0.25, 0.3) is 10.9 Å². The van der Waals surface area contributed by atoms with Crippen molar-refractivity contribution in [1.29, 1.82) is 15.8 Å². The summed E-state index contributed by atoms with van der Waals surface area (Å²) in [7, 11) is 0. The van der Waals surface area contributed by atoms with E-state index < -0.39 is 47.7 Å². The normalized spacial score (nSPS) is 14.6. The molecule has 4 unspecified atom stereocenters. The first-order chi connectivity index (χ1) is 56.7. The molecule has 8 aromatic rings. The molecule has 0 radical (unpaired) electrons. The van der Waals surface area contributed by atoms with E-state index in [1.165, 1.54) is 43.2 Å². The van der Waals surface area contributed by atoms with E-state index in [2.05, 4.69) is 36.8 Å². The Bertz CT molecular complexity index is 4780. The number of hydrogen-bond donors (Lipinski definition) is 8. The Morgan fingerprint density at radius 2 is 0.857 bits per heavy atom. The summed E-state index contributed by atoms with van der Waals surface area (Å²) in [5, 5.41) is 65.4. The first-order valence-corrected chi connectivity index (χ1v) is 39.2. The first-order valence-electron chi connectivity index (χ1n) is 38.3. The Morgan fingerprint density at radius 1 is 0.496 bits per heavy atom. The van der Waals surface area contributed by atoms with E-state index in [4.69, 9.17) is 75.7 Å². The Balaban J connectivity index is 0.000000231. The second-order valence-electron chi connectivity index (χ2n) is 28.9. The minimum atomic E-state index is -1.08. The van der Waals surface area contributed by atoms with Crippen LogP contribution in [-0.4, -0.2) is 163 Å². The number of nitrogens with one attached hydrogen (secondary N) is 3. The number of anilines is 7. The number of carbonyl (C=O) groups excluding carboxylic acids is 5. The fourth-order valence-corrected chi connectivity index (χ4v) is 12.1. The van der Waals surface area contributed by atoms with Gasteiger partial charge in [-0.3, -0.25) is 33.9 Å². The number of H-pyrrole nitrogens is 1. The minimum absolute atomic E-state index is 0.000946. The number of aromatic hydroxyl groups is 1. The van der Waals surface area contributed by atoms with Gasteiger partial charge < -0.3 is 85.3 Å². The van der Waals surface area contributed by atoms with Crippen LogP contribution in [0.2, 0.25) is 0 Å². The lowest BCUT2D eigenvalue weighted by Gasteiger charge is -2.27. The highest BCUT2D eigenvalue weighted by Gasteiger charge is 2.28. The van der Waals surface area contributed by atoms with Crippen molar-refractivity contribution in [1.82, 2.24) is 10.2 Å². The second-order valence-corrected chi connectivity index (χ2v) is 30.0. The third kappa shape index (κ3) is 32.6. The highest BCUT2D eigenvalue weighted by Crippen LogP contribution is 2.29. The van der Waals surface area contributed by atoms with Crippen LogP contribution in [-0.2, 0) is 52.5 Å². The van der Waals surface area contributed by atoms with Gasteiger partial charge in [0.05, 0.1) is 42.0 Å². The van der Waals surface area contributed by atoms with Gasteiger partial charge >= 0.3 is 11.9 Å². The van der Waals surface area contributed by atoms with E-state index in [1.54, 1.807) is 93.6 Å². The number of hydrogen-bond acceptors (Lipinski definition) is 21. The number of amides is 5. The van der Waals surface area contributed by atoms with Crippen molar-refractivity contribution in [3.05, 3.63) is 180 Å². The molecular formula is C86H100BrF3N12O17. The highest BCUT2D eigenvalue weighted by molar-refractivity contribution is 9.10. The summed E-state index contributed by atoms with van der Waals surface area (Å²) in [6.07, 6.45) is 2.07. The van der Waals surface area contributed by atoms with Crippen LogP contribution in [0, 0.1) is 75.1 Å². The smallest absolute Gasteiger partial charge is 0.344 e. The quantitative estimate of drug-likeness (QED) is 0.0218. The number of aliphatic carboxylic acids is 2. The predicted octanol–water partition coefficient (Wildman–Crippen LogP) is 13.7.